The van der Waals surface area contributed by atoms with Gasteiger partial charge in [-0.25, -0.2) is 0 Å². The average molecular weight is 326 g/mol. The van der Waals surface area contributed by atoms with E-state index in [9.17, 15) is 9.90 Å². The fraction of sp³-hybridized carbons (Fsp3) is 0.368. The van der Waals surface area contributed by atoms with E-state index >= 15 is 0 Å². The van der Waals surface area contributed by atoms with Crippen molar-refractivity contribution in [2.75, 3.05) is 19.7 Å². The molecule has 1 N–H and O–H groups in total. The number of ether oxygens (including phenoxy) is 1. The van der Waals surface area contributed by atoms with Crippen LogP contribution in [0.1, 0.15) is 11.1 Å². The lowest BCUT2D eigenvalue weighted by Crippen LogP contribution is -2.32. The summed E-state index contributed by atoms with van der Waals surface area (Å²) in [6, 6.07) is 13.7. The van der Waals surface area contributed by atoms with Crippen LogP contribution in [0.4, 0.5) is 0 Å². The molecule has 0 unspecified atom stereocenters. The first kappa shape index (κ1) is 16.6. The van der Waals surface area contributed by atoms with Crippen LogP contribution in [0.2, 0.25) is 0 Å². The predicted octanol–water partition coefficient (Wildman–Crippen LogP) is 1.66. The molecule has 1 saturated heterocycles. The minimum atomic E-state index is -0.490. The zero-order valence-corrected chi connectivity index (χ0v) is 13.5. The summed E-state index contributed by atoms with van der Waals surface area (Å²) in [7, 11) is 0. The molecule has 0 aliphatic carbocycles. The number of carbonyl (C=O) groups excluding carboxylic acids is 1. The quantitative estimate of drug-likeness (QED) is 0.877. The number of aliphatic hydroxyl groups is 1. The molecule has 0 bridgehead atoms. The number of β-amino-alcohol motifs (C(OH)–C–C–N with tert-alkyl or cyclic N) is 1. The van der Waals surface area contributed by atoms with Gasteiger partial charge in [0.2, 0.25) is 5.91 Å². The number of pyridine rings is 1. The van der Waals surface area contributed by atoms with Crippen molar-refractivity contribution < 1.29 is 14.6 Å². The number of carbonyl (C=O) groups is 1. The zero-order valence-electron chi connectivity index (χ0n) is 13.5. The Morgan fingerprint density at radius 1 is 1.12 bits per heavy atom. The summed E-state index contributed by atoms with van der Waals surface area (Å²) in [5.41, 5.74) is 2.17. The molecule has 1 amide bonds. The fourth-order valence-corrected chi connectivity index (χ4v) is 3.00. The highest BCUT2D eigenvalue weighted by molar-refractivity contribution is 5.77. The molecule has 1 fully saturated rings. The van der Waals surface area contributed by atoms with Crippen molar-refractivity contribution >= 4 is 5.91 Å². The molecule has 24 heavy (non-hydrogen) atoms. The largest absolute Gasteiger partial charge is 0.391 e. The Morgan fingerprint density at radius 2 is 1.88 bits per heavy atom. The Morgan fingerprint density at radius 3 is 2.62 bits per heavy atom. The molecule has 2 atom stereocenters. The minimum absolute atomic E-state index is 0.0452. The van der Waals surface area contributed by atoms with Crippen molar-refractivity contribution in [3.05, 3.63) is 66.0 Å². The van der Waals surface area contributed by atoms with E-state index in [1.165, 1.54) is 0 Å². The summed E-state index contributed by atoms with van der Waals surface area (Å²) in [4.78, 5) is 18.0. The van der Waals surface area contributed by atoms with Crippen LogP contribution >= 0.6 is 0 Å². The Balaban J connectivity index is 1.46. The first-order chi connectivity index (χ1) is 11.7. The van der Waals surface area contributed by atoms with E-state index in [1.807, 2.05) is 42.5 Å². The molecule has 3 rings (SSSR count). The second-order valence-corrected chi connectivity index (χ2v) is 6.16. The van der Waals surface area contributed by atoms with E-state index in [2.05, 4.69) is 4.98 Å². The summed E-state index contributed by atoms with van der Waals surface area (Å²) in [5.74, 6) is -0.00678. The molecule has 1 aliphatic heterocycles. The number of hydrogen-bond acceptors (Lipinski definition) is 4. The van der Waals surface area contributed by atoms with Gasteiger partial charge in [0.15, 0.2) is 0 Å². The van der Waals surface area contributed by atoms with Gasteiger partial charge in [-0.3, -0.25) is 9.78 Å². The summed E-state index contributed by atoms with van der Waals surface area (Å²) in [6.45, 7) is 1.41. The summed E-state index contributed by atoms with van der Waals surface area (Å²) < 4.78 is 5.50. The fourth-order valence-electron chi connectivity index (χ4n) is 3.00. The maximum absolute atomic E-state index is 12.3. The van der Waals surface area contributed by atoms with Crippen LogP contribution < -0.4 is 0 Å². The maximum atomic E-state index is 12.3. The van der Waals surface area contributed by atoms with E-state index in [0.29, 0.717) is 19.7 Å². The zero-order chi connectivity index (χ0) is 16.8. The number of likely N-dealkylation sites (tertiary alicyclic amines) is 1. The standard InChI is InChI=1S/C19H22N2O3/c22-18-12-21(11-17(18)10-15-6-8-20-9-7-15)19(23)14-24-13-16-4-2-1-3-5-16/h1-9,17-18,22H,10-14H2/t17-,18-/m1/s1. The van der Waals surface area contributed by atoms with Gasteiger partial charge in [0.25, 0.3) is 0 Å². The number of amides is 1. The van der Waals surface area contributed by atoms with Crippen LogP contribution in [-0.2, 0) is 22.6 Å². The van der Waals surface area contributed by atoms with Crippen LogP contribution in [0.5, 0.6) is 0 Å². The molecular weight excluding hydrogens is 304 g/mol. The molecular formula is C19H22N2O3. The minimum Gasteiger partial charge on any atom is -0.391 e. The van der Waals surface area contributed by atoms with Crippen LogP contribution in [0.3, 0.4) is 0 Å². The monoisotopic (exact) mass is 326 g/mol. The topological polar surface area (TPSA) is 62.7 Å². The highest BCUT2D eigenvalue weighted by atomic mass is 16.5. The lowest BCUT2D eigenvalue weighted by molar-refractivity contribution is -0.135. The van der Waals surface area contributed by atoms with Crippen molar-refractivity contribution in [2.45, 2.75) is 19.1 Å². The summed E-state index contributed by atoms with van der Waals surface area (Å²) in [6.07, 6.45) is 3.75. The highest BCUT2D eigenvalue weighted by Crippen LogP contribution is 2.21. The molecule has 126 valence electrons. The van der Waals surface area contributed by atoms with Crippen molar-refractivity contribution in [2.24, 2.45) is 5.92 Å². The van der Waals surface area contributed by atoms with Crippen molar-refractivity contribution in [1.29, 1.82) is 0 Å². The van der Waals surface area contributed by atoms with Crippen molar-refractivity contribution in [1.82, 2.24) is 9.88 Å². The third-order valence-electron chi connectivity index (χ3n) is 4.34. The van der Waals surface area contributed by atoms with Gasteiger partial charge < -0.3 is 14.7 Å². The SMILES string of the molecule is O=C(COCc1ccccc1)N1C[C@@H](Cc2ccncc2)[C@H](O)C1. The second-order valence-electron chi connectivity index (χ2n) is 6.16. The van der Waals surface area contributed by atoms with E-state index in [4.69, 9.17) is 4.74 Å². The van der Waals surface area contributed by atoms with Gasteiger partial charge in [0.05, 0.1) is 12.7 Å². The van der Waals surface area contributed by atoms with Crippen LogP contribution in [0.15, 0.2) is 54.9 Å². The Kier molecular flexibility index (Phi) is 5.56. The van der Waals surface area contributed by atoms with E-state index < -0.39 is 6.10 Å². The molecule has 0 saturated carbocycles. The molecule has 5 nitrogen and oxygen atoms in total. The van der Waals surface area contributed by atoms with Gasteiger partial charge in [-0.05, 0) is 29.7 Å². The van der Waals surface area contributed by atoms with Gasteiger partial charge in [0, 0.05) is 31.4 Å². The van der Waals surface area contributed by atoms with Crippen molar-refractivity contribution in [3.63, 3.8) is 0 Å². The molecule has 1 aliphatic rings. The normalized spacial score (nSPS) is 20.3. The van der Waals surface area contributed by atoms with Gasteiger partial charge in [-0.2, -0.15) is 0 Å². The van der Waals surface area contributed by atoms with Gasteiger partial charge >= 0.3 is 0 Å². The van der Waals surface area contributed by atoms with E-state index in [1.54, 1.807) is 17.3 Å². The average Bonchev–Trinajstić information content (AvgIpc) is 2.97. The number of aliphatic hydroxyl groups excluding tert-OH is 1. The van der Waals surface area contributed by atoms with E-state index in [-0.39, 0.29) is 18.4 Å². The number of benzene rings is 1. The summed E-state index contributed by atoms with van der Waals surface area (Å²) >= 11 is 0. The Bertz CT molecular complexity index is 648. The molecule has 0 radical (unpaired) electrons. The number of nitrogens with zero attached hydrogens (tertiary/aromatic N) is 2. The predicted molar refractivity (Wildman–Crippen MR) is 90.1 cm³/mol. The molecule has 2 heterocycles. The molecule has 2 aromatic rings. The first-order valence-corrected chi connectivity index (χ1v) is 8.19. The van der Waals surface area contributed by atoms with Gasteiger partial charge in [-0.1, -0.05) is 30.3 Å². The van der Waals surface area contributed by atoms with Crippen LogP contribution in [-0.4, -0.2) is 46.7 Å². The molecule has 0 spiro atoms. The number of aromatic nitrogens is 1. The second kappa shape index (κ2) is 8.04. The highest BCUT2D eigenvalue weighted by Gasteiger charge is 2.33. The van der Waals surface area contributed by atoms with E-state index in [0.717, 1.165) is 17.5 Å². The number of hydrogen-bond donors (Lipinski definition) is 1. The van der Waals surface area contributed by atoms with Crippen LogP contribution in [0.25, 0.3) is 0 Å². The first-order valence-electron chi connectivity index (χ1n) is 8.19. The lowest BCUT2D eigenvalue weighted by Gasteiger charge is -2.16. The molecule has 1 aromatic carbocycles. The third kappa shape index (κ3) is 4.40. The third-order valence-corrected chi connectivity index (χ3v) is 4.34. The lowest BCUT2D eigenvalue weighted by atomic mass is 9.97. The molecule has 5 heteroatoms. The smallest absolute Gasteiger partial charge is 0.248 e. The summed E-state index contributed by atoms with van der Waals surface area (Å²) in [5, 5.41) is 10.2. The number of rotatable bonds is 6. The maximum Gasteiger partial charge on any atom is 0.248 e. The Labute approximate surface area is 141 Å². The molecule has 1 aromatic heterocycles. The van der Waals surface area contributed by atoms with Crippen LogP contribution in [0, 0.1) is 5.92 Å². The van der Waals surface area contributed by atoms with Gasteiger partial charge in [-0.15, -0.1) is 0 Å². The van der Waals surface area contributed by atoms with Crippen molar-refractivity contribution in [3.8, 4) is 0 Å². The van der Waals surface area contributed by atoms with Gasteiger partial charge in [0.1, 0.15) is 6.61 Å². The Hall–Kier alpha value is -2.24.